The fourth-order valence-corrected chi connectivity index (χ4v) is 5.77. The fourth-order valence-electron chi connectivity index (χ4n) is 5.77. The van der Waals surface area contributed by atoms with Gasteiger partial charge in [-0.25, -0.2) is 14.8 Å². The summed E-state index contributed by atoms with van der Waals surface area (Å²) in [6, 6.07) is 11.4. The number of rotatable bonds is 12. The molecule has 1 atom stereocenters. The number of nitrogens with zero attached hydrogens (tertiary/aromatic N) is 3. The molecular formula is C35H52N6O4. The number of nitriles is 1. The van der Waals surface area contributed by atoms with Crippen LogP contribution in [-0.2, 0) is 19.0 Å². The van der Waals surface area contributed by atoms with Crippen molar-refractivity contribution >= 4 is 17.6 Å². The average Bonchev–Trinajstić information content (AvgIpc) is 3.01. The summed E-state index contributed by atoms with van der Waals surface area (Å²) in [5.74, 6) is 1.27. The van der Waals surface area contributed by atoms with Crippen molar-refractivity contribution in [2.45, 2.75) is 116 Å². The summed E-state index contributed by atoms with van der Waals surface area (Å²) in [7, 11) is 0. The molecule has 2 aromatic rings. The SMILES string of the molecule is Cc1cnc(NC2CCC(N[C@@H](C)COC(C)(C)C(=O)OC(C)(C)C)CC2)cc1-c1cccc(NCC2(C#N)CCOCC2)n1. The van der Waals surface area contributed by atoms with Crippen molar-refractivity contribution in [3.05, 3.63) is 36.0 Å². The summed E-state index contributed by atoms with van der Waals surface area (Å²) in [6.07, 6.45) is 7.51. The predicted molar refractivity (Wildman–Crippen MR) is 177 cm³/mol. The first-order valence-corrected chi connectivity index (χ1v) is 16.3. The summed E-state index contributed by atoms with van der Waals surface area (Å²) in [5.41, 5.74) is 1.01. The minimum Gasteiger partial charge on any atom is -0.458 e. The van der Waals surface area contributed by atoms with Crippen LogP contribution in [0, 0.1) is 23.7 Å². The van der Waals surface area contributed by atoms with Crippen LogP contribution < -0.4 is 16.0 Å². The Hall–Kier alpha value is -3.26. The Morgan fingerprint density at radius 1 is 1.11 bits per heavy atom. The number of hydrogen-bond acceptors (Lipinski definition) is 10. The van der Waals surface area contributed by atoms with Gasteiger partial charge in [0.05, 0.1) is 23.8 Å². The fraction of sp³-hybridized carbons (Fsp3) is 0.657. The molecule has 0 bridgehead atoms. The lowest BCUT2D eigenvalue weighted by atomic mass is 9.82. The molecule has 246 valence electrons. The summed E-state index contributed by atoms with van der Waals surface area (Å²) in [6.45, 7) is 15.5. The molecule has 0 unspecified atom stereocenters. The number of nitrogens with one attached hydrogen (secondary N) is 3. The van der Waals surface area contributed by atoms with Crippen LogP contribution >= 0.6 is 0 Å². The number of esters is 1. The summed E-state index contributed by atoms with van der Waals surface area (Å²) in [4.78, 5) is 22.1. The smallest absolute Gasteiger partial charge is 0.338 e. The average molecular weight is 621 g/mol. The van der Waals surface area contributed by atoms with Crippen LogP contribution in [-0.4, -0.2) is 71.6 Å². The van der Waals surface area contributed by atoms with Gasteiger partial charge in [-0.2, -0.15) is 5.26 Å². The van der Waals surface area contributed by atoms with Crippen LogP contribution in [0.25, 0.3) is 11.3 Å². The molecule has 2 aromatic heterocycles. The van der Waals surface area contributed by atoms with Crippen LogP contribution in [0.1, 0.15) is 85.6 Å². The van der Waals surface area contributed by atoms with E-state index in [1.165, 1.54) is 0 Å². The molecular weight excluding hydrogens is 568 g/mol. The lowest BCUT2D eigenvalue weighted by molar-refractivity contribution is -0.180. The Morgan fingerprint density at radius 3 is 2.47 bits per heavy atom. The van der Waals surface area contributed by atoms with Crippen LogP contribution in [0.2, 0.25) is 0 Å². The van der Waals surface area contributed by atoms with E-state index in [1.54, 1.807) is 13.8 Å². The monoisotopic (exact) mass is 620 g/mol. The highest BCUT2D eigenvalue weighted by Crippen LogP contribution is 2.31. The lowest BCUT2D eigenvalue weighted by Gasteiger charge is -2.33. The summed E-state index contributed by atoms with van der Waals surface area (Å²) in [5, 5.41) is 20.5. The Morgan fingerprint density at radius 2 is 1.80 bits per heavy atom. The number of pyridine rings is 2. The molecule has 4 rings (SSSR count). The summed E-state index contributed by atoms with van der Waals surface area (Å²) >= 11 is 0. The number of aryl methyl sites for hydroxylation is 1. The van der Waals surface area contributed by atoms with Crippen molar-refractivity contribution in [1.82, 2.24) is 15.3 Å². The molecule has 0 amide bonds. The highest BCUT2D eigenvalue weighted by Gasteiger charge is 2.35. The van der Waals surface area contributed by atoms with Gasteiger partial charge in [-0.15, -0.1) is 0 Å². The second-order valence-corrected chi connectivity index (χ2v) is 14.2. The Kier molecular flexibility index (Phi) is 11.5. The third-order valence-electron chi connectivity index (χ3n) is 8.61. The first-order chi connectivity index (χ1) is 21.3. The van der Waals surface area contributed by atoms with Crippen LogP contribution in [0.4, 0.5) is 11.6 Å². The van der Waals surface area contributed by atoms with Crippen molar-refractivity contribution in [1.29, 1.82) is 5.26 Å². The molecule has 10 heteroatoms. The predicted octanol–water partition coefficient (Wildman–Crippen LogP) is 6.02. The molecule has 1 saturated heterocycles. The molecule has 0 aromatic carbocycles. The van der Waals surface area contributed by atoms with Crippen molar-refractivity contribution < 1.29 is 19.0 Å². The zero-order valence-electron chi connectivity index (χ0n) is 28.2. The quantitative estimate of drug-likeness (QED) is 0.242. The Bertz CT molecular complexity index is 1320. The number of aromatic nitrogens is 2. The van der Waals surface area contributed by atoms with E-state index >= 15 is 0 Å². The van der Waals surface area contributed by atoms with E-state index in [0.29, 0.717) is 38.4 Å². The van der Waals surface area contributed by atoms with Gasteiger partial charge in [-0.3, -0.25) is 0 Å². The lowest BCUT2D eigenvalue weighted by Crippen LogP contribution is -2.46. The highest BCUT2D eigenvalue weighted by atomic mass is 16.6. The first-order valence-electron chi connectivity index (χ1n) is 16.3. The minimum absolute atomic E-state index is 0.113. The van der Waals surface area contributed by atoms with E-state index in [0.717, 1.165) is 67.0 Å². The van der Waals surface area contributed by atoms with Gasteiger partial charge in [0.15, 0.2) is 5.60 Å². The molecule has 2 aliphatic rings. The second-order valence-electron chi connectivity index (χ2n) is 14.2. The van der Waals surface area contributed by atoms with Crippen LogP contribution in [0.3, 0.4) is 0 Å². The maximum Gasteiger partial charge on any atom is 0.338 e. The van der Waals surface area contributed by atoms with E-state index in [4.69, 9.17) is 19.2 Å². The van der Waals surface area contributed by atoms with E-state index in [9.17, 15) is 10.1 Å². The molecule has 0 spiro atoms. The largest absolute Gasteiger partial charge is 0.458 e. The number of anilines is 2. The maximum atomic E-state index is 12.5. The third-order valence-corrected chi connectivity index (χ3v) is 8.61. The maximum absolute atomic E-state index is 12.5. The highest BCUT2D eigenvalue weighted by molar-refractivity contribution is 5.79. The zero-order valence-corrected chi connectivity index (χ0v) is 28.2. The standard InChI is InChI=1S/C35H52N6O4/c1-24-20-37-31(19-28(24)29-9-8-10-30(41-29)38-23-35(22-36)15-17-43-18-16-35)40-27-13-11-26(12-14-27)39-25(2)21-44-34(6,7)32(42)45-33(3,4)5/h8-10,19-20,25-27,39H,11-18,21,23H2,1-7H3,(H,37,40)(H,38,41)/t25-,26?,27?/m0/s1. The first kappa shape index (κ1) is 34.6. The van der Waals surface area contributed by atoms with E-state index in [1.807, 2.05) is 45.2 Å². The number of hydrogen-bond donors (Lipinski definition) is 3. The topological polar surface area (TPSA) is 130 Å². The van der Waals surface area contributed by atoms with Gasteiger partial charge >= 0.3 is 5.97 Å². The van der Waals surface area contributed by atoms with E-state index in [-0.39, 0.29) is 12.0 Å². The van der Waals surface area contributed by atoms with Crippen LogP contribution in [0.15, 0.2) is 30.5 Å². The third kappa shape index (κ3) is 10.1. The Balaban J connectivity index is 1.27. The molecule has 3 heterocycles. The molecule has 1 saturated carbocycles. The normalized spacial score (nSPS) is 20.9. The van der Waals surface area contributed by atoms with Gasteiger partial charge < -0.3 is 30.2 Å². The van der Waals surface area contributed by atoms with Gasteiger partial charge in [0, 0.05) is 49.6 Å². The summed E-state index contributed by atoms with van der Waals surface area (Å²) < 4.78 is 16.9. The molecule has 0 radical (unpaired) electrons. The number of carbonyl (C=O) groups excluding carboxylic acids is 1. The van der Waals surface area contributed by atoms with Gasteiger partial charge in [-0.1, -0.05) is 6.07 Å². The van der Waals surface area contributed by atoms with Crippen molar-refractivity contribution in [2.75, 3.05) is 37.0 Å². The molecule has 2 fully saturated rings. The van der Waals surface area contributed by atoms with E-state index < -0.39 is 16.6 Å². The van der Waals surface area contributed by atoms with Gasteiger partial charge in [0.2, 0.25) is 0 Å². The molecule has 45 heavy (non-hydrogen) atoms. The van der Waals surface area contributed by atoms with Crippen molar-refractivity contribution in [2.24, 2.45) is 5.41 Å². The van der Waals surface area contributed by atoms with Crippen LogP contribution in [0.5, 0.6) is 0 Å². The van der Waals surface area contributed by atoms with E-state index in [2.05, 4.69) is 46.9 Å². The zero-order chi connectivity index (χ0) is 32.7. The minimum atomic E-state index is -0.997. The van der Waals surface area contributed by atoms with Crippen molar-refractivity contribution in [3.8, 4) is 17.3 Å². The number of ether oxygens (including phenoxy) is 3. The van der Waals surface area contributed by atoms with Gasteiger partial charge in [0.25, 0.3) is 0 Å². The van der Waals surface area contributed by atoms with Crippen molar-refractivity contribution in [3.63, 3.8) is 0 Å². The molecule has 10 nitrogen and oxygen atoms in total. The van der Waals surface area contributed by atoms with Gasteiger partial charge in [-0.05, 0) is 111 Å². The van der Waals surface area contributed by atoms with Gasteiger partial charge in [0.1, 0.15) is 17.2 Å². The Labute approximate surface area is 269 Å². The number of carbonyl (C=O) groups is 1. The molecule has 3 N–H and O–H groups in total. The second kappa shape index (κ2) is 14.9. The molecule has 1 aliphatic heterocycles. The molecule has 1 aliphatic carbocycles.